The van der Waals surface area contributed by atoms with Gasteiger partial charge in [0, 0.05) is 18.5 Å². The first kappa shape index (κ1) is 17.4. The molecule has 5 rings (SSSR count). The second-order valence-corrected chi connectivity index (χ2v) is 8.23. The summed E-state index contributed by atoms with van der Waals surface area (Å²) in [7, 11) is 0. The summed E-state index contributed by atoms with van der Waals surface area (Å²) in [5.41, 5.74) is 3.65. The SMILES string of the molecule is CCOc1nc(Cl)nc2c1sc1nc(N3CCOCC3)c3c(c12)CCCC3. The molecule has 3 aromatic heterocycles. The first-order chi connectivity index (χ1) is 13.3. The lowest BCUT2D eigenvalue weighted by atomic mass is 9.90. The first-order valence-corrected chi connectivity index (χ1v) is 10.7. The van der Waals surface area contributed by atoms with Crippen LogP contribution in [0.15, 0.2) is 0 Å². The van der Waals surface area contributed by atoms with Crippen LogP contribution in [0.5, 0.6) is 5.88 Å². The van der Waals surface area contributed by atoms with E-state index < -0.39 is 0 Å². The number of morpholine rings is 1. The third-order valence-corrected chi connectivity index (χ3v) is 6.53. The average Bonchev–Trinajstić information content (AvgIpc) is 3.07. The van der Waals surface area contributed by atoms with Crippen LogP contribution >= 0.6 is 22.9 Å². The van der Waals surface area contributed by atoms with E-state index in [4.69, 9.17) is 26.1 Å². The summed E-state index contributed by atoms with van der Waals surface area (Å²) in [5.74, 6) is 1.69. The summed E-state index contributed by atoms with van der Waals surface area (Å²) in [4.78, 5) is 17.3. The summed E-state index contributed by atoms with van der Waals surface area (Å²) in [5, 5.41) is 1.37. The van der Waals surface area contributed by atoms with E-state index in [2.05, 4.69) is 14.9 Å². The molecule has 0 atom stereocenters. The van der Waals surface area contributed by atoms with Crippen LogP contribution in [0, 0.1) is 0 Å². The maximum atomic E-state index is 6.21. The number of halogens is 1. The van der Waals surface area contributed by atoms with Crippen LogP contribution in [-0.4, -0.2) is 47.9 Å². The molecule has 1 saturated heterocycles. The summed E-state index contributed by atoms with van der Waals surface area (Å²) in [6.07, 6.45) is 4.53. The molecule has 0 saturated carbocycles. The van der Waals surface area contributed by atoms with E-state index in [1.807, 2.05) is 6.92 Å². The zero-order valence-corrected chi connectivity index (χ0v) is 16.8. The lowest BCUT2D eigenvalue weighted by Crippen LogP contribution is -2.37. The fourth-order valence-electron chi connectivity index (χ4n) is 4.13. The van der Waals surface area contributed by atoms with Gasteiger partial charge in [0.05, 0.1) is 25.3 Å². The highest BCUT2D eigenvalue weighted by Gasteiger charge is 2.27. The summed E-state index contributed by atoms with van der Waals surface area (Å²) in [6.45, 7) is 5.80. The van der Waals surface area contributed by atoms with Crippen molar-refractivity contribution in [3.05, 3.63) is 16.4 Å². The number of rotatable bonds is 3. The molecule has 142 valence electrons. The molecule has 8 heteroatoms. The highest BCUT2D eigenvalue weighted by atomic mass is 35.5. The Labute approximate surface area is 166 Å². The van der Waals surface area contributed by atoms with Crippen molar-refractivity contribution in [2.24, 2.45) is 0 Å². The number of nitrogens with zero attached hydrogens (tertiary/aromatic N) is 4. The maximum absolute atomic E-state index is 6.21. The Morgan fingerprint density at radius 2 is 1.89 bits per heavy atom. The van der Waals surface area contributed by atoms with Crippen molar-refractivity contribution in [1.29, 1.82) is 0 Å². The number of thiophene rings is 1. The van der Waals surface area contributed by atoms with Crippen LogP contribution in [-0.2, 0) is 17.6 Å². The summed E-state index contributed by atoms with van der Waals surface area (Å²) in [6, 6.07) is 0. The predicted molar refractivity (Wildman–Crippen MR) is 109 cm³/mol. The quantitative estimate of drug-likeness (QED) is 0.615. The molecule has 0 amide bonds. The minimum Gasteiger partial charge on any atom is -0.477 e. The van der Waals surface area contributed by atoms with Crippen LogP contribution in [0.3, 0.4) is 0 Å². The van der Waals surface area contributed by atoms with Crippen molar-refractivity contribution in [3.8, 4) is 5.88 Å². The van der Waals surface area contributed by atoms with Gasteiger partial charge >= 0.3 is 0 Å². The van der Waals surface area contributed by atoms with Crippen molar-refractivity contribution < 1.29 is 9.47 Å². The molecule has 3 aromatic rings. The Kier molecular flexibility index (Phi) is 4.53. The zero-order valence-electron chi connectivity index (χ0n) is 15.3. The number of fused-ring (bicyclic) bond motifs is 5. The number of hydrogen-bond donors (Lipinski definition) is 0. The maximum Gasteiger partial charge on any atom is 0.236 e. The molecule has 1 fully saturated rings. The zero-order chi connectivity index (χ0) is 18.4. The summed E-state index contributed by atoms with van der Waals surface area (Å²) >= 11 is 7.82. The minimum atomic E-state index is 0.229. The monoisotopic (exact) mass is 404 g/mol. The Bertz CT molecular complexity index is 1020. The topological polar surface area (TPSA) is 60.4 Å². The Morgan fingerprint density at radius 3 is 2.67 bits per heavy atom. The molecule has 1 aliphatic carbocycles. The molecule has 0 spiro atoms. The molecule has 0 radical (unpaired) electrons. The Balaban J connectivity index is 1.79. The van der Waals surface area contributed by atoms with E-state index in [0.29, 0.717) is 12.5 Å². The molecule has 4 heterocycles. The molecule has 0 aromatic carbocycles. The van der Waals surface area contributed by atoms with E-state index in [1.54, 1.807) is 11.3 Å². The molecule has 0 N–H and O–H groups in total. The van der Waals surface area contributed by atoms with Gasteiger partial charge in [0.15, 0.2) is 0 Å². The minimum absolute atomic E-state index is 0.229. The molecular weight excluding hydrogens is 384 g/mol. The van der Waals surface area contributed by atoms with Crippen LogP contribution < -0.4 is 9.64 Å². The van der Waals surface area contributed by atoms with E-state index in [9.17, 15) is 0 Å². The van der Waals surface area contributed by atoms with Gasteiger partial charge in [-0.25, -0.2) is 9.97 Å². The van der Waals surface area contributed by atoms with Crippen LogP contribution in [0.25, 0.3) is 20.4 Å². The van der Waals surface area contributed by atoms with E-state index in [1.165, 1.54) is 24.0 Å². The third-order valence-electron chi connectivity index (χ3n) is 5.30. The number of aromatic nitrogens is 3. The van der Waals surface area contributed by atoms with Gasteiger partial charge in [-0.15, -0.1) is 11.3 Å². The van der Waals surface area contributed by atoms with E-state index in [-0.39, 0.29) is 5.28 Å². The molecule has 0 bridgehead atoms. The normalized spacial score (nSPS) is 17.5. The number of ether oxygens (including phenoxy) is 2. The predicted octanol–water partition coefficient (Wildman–Crippen LogP) is 4.01. The lowest BCUT2D eigenvalue weighted by molar-refractivity contribution is 0.122. The molecule has 0 unspecified atom stereocenters. The van der Waals surface area contributed by atoms with Gasteiger partial charge < -0.3 is 14.4 Å². The fourth-order valence-corrected chi connectivity index (χ4v) is 5.37. The van der Waals surface area contributed by atoms with Crippen molar-refractivity contribution in [2.45, 2.75) is 32.6 Å². The Hall–Kier alpha value is -1.70. The van der Waals surface area contributed by atoms with Crippen molar-refractivity contribution in [1.82, 2.24) is 15.0 Å². The second-order valence-electron chi connectivity index (χ2n) is 6.89. The number of hydrogen-bond acceptors (Lipinski definition) is 7. The number of aryl methyl sites for hydroxylation is 1. The van der Waals surface area contributed by atoms with Crippen LogP contribution in [0.4, 0.5) is 5.82 Å². The van der Waals surface area contributed by atoms with Gasteiger partial charge in [0.1, 0.15) is 15.3 Å². The van der Waals surface area contributed by atoms with E-state index >= 15 is 0 Å². The summed E-state index contributed by atoms with van der Waals surface area (Å²) < 4.78 is 12.2. The standard InChI is InChI=1S/C19H21ClN4O2S/c1-2-26-17-15-14(21-19(20)23-17)13-11-5-3-4-6-12(11)16(22-18(13)27-15)24-7-9-25-10-8-24/h2-10H2,1H3. The fraction of sp³-hybridized carbons (Fsp3) is 0.526. The van der Waals surface area contributed by atoms with Crippen molar-refractivity contribution >= 4 is 49.2 Å². The highest BCUT2D eigenvalue weighted by molar-refractivity contribution is 7.25. The average molecular weight is 405 g/mol. The molecule has 6 nitrogen and oxygen atoms in total. The van der Waals surface area contributed by atoms with Gasteiger partial charge in [0.25, 0.3) is 0 Å². The Morgan fingerprint density at radius 1 is 1.11 bits per heavy atom. The second kappa shape index (κ2) is 7.04. The van der Waals surface area contributed by atoms with Crippen LogP contribution in [0.1, 0.15) is 30.9 Å². The van der Waals surface area contributed by atoms with Gasteiger partial charge in [-0.3, -0.25) is 0 Å². The van der Waals surface area contributed by atoms with E-state index in [0.717, 1.165) is 65.4 Å². The van der Waals surface area contributed by atoms with Gasteiger partial charge in [-0.05, 0) is 55.3 Å². The molecule has 1 aliphatic heterocycles. The lowest BCUT2D eigenvalue weighted by Gasteiger charge is -2.31. The van der Waals surface area contributed by atoms with Gasteiger partial charge in [-0.2, -0.15) is 4.98 Å². The largest absolute Gasteiger partial charge is 0.477 e. The molecule has 27 heavy (non-hydrogen) atoms. The number of pyridine rings is 1. The van der Waals surface area contributed by atoms with Crippen molar-refractivity contribution in [2.75, 3.05) is 37.8 Å². The smallest absolute Gasteiger partial charge is 0.236 e. The van der Waals surface area contributed by atoms with Gasteiger partial charge in [0.2, 0.25) is 11.2 Å². The first-order valence-electron chi connectivity index (χ1n) is 9.53. The molecular formula is C19H21ClN4O2S. The number of anilines is 1. The third kappa shape index (κ3) is 2.92. The highest BCUT2D eigenvalue weighted by Crippen LogP contribution is 2.43. The van der Waals surface area contributed by atoms with Crippen LogP contribution in [0.2, 0.25) is 5.28 Å². The van der Waals surface area contributed by atoms with Gasteiger partial charge in [-0.1, -0.05) is 0 Å². The van der Waals surface area contributed by atoms with Crippen molar-refractivity contribution in [3.63, 3.8) is 0 Å². The molecule has 2 aliphatic rings.